The van der Waals surface area contributed by atoms with E-state index in [1.807, 2.05) is 13.0 Å². The standard InChI is InChI=1S/C15H25N3O2S/c1-12(16)14-5-4-6-15(9-14)21(19,20)18(3)11-13-7-8-17(2)10-13/h4-6,9,12-13H,7-8,10-11,16H2,1-3H3. The minimum absolute atomic E-state index is 0.172. The van der Waals surface area contributed by atoms with E-state index >= 15 is 0 Å². The van der Waals surface area contributed by atoms with Crippen molar-refractivity contribution in [1.82, 2.24) is 9.21 Å². The zero-order valence-electron chi connectivity index (χ0n) is 13.0. The molecule has 0 bridgehead atoms. The van der Waals surface area contributed by atoms with E-state index in [2.05, 4.69) is 11.9 Å². The maximum absolute atomic E-state index is 12.6. The first-order chi connectivity index (χ1) is 9.80. The van der Waals surface area contributed by atoms with Crippen LogP contribution in [-0.2, 0) is 10.0 Å². The van der Waals surface area contributed by atoms with Crippen molar-refractivity contribution in [2.75, 3.05) is 33.7 Å². The number of hydrogen-bond acceptors (Lipinski definition) is 4. The smallest absolute Gasteiger partial charge is 0.242 e. The largest absolute Gasteiger partial charge is 0.324 e. The van der Waals surface area contributed by atoms with Gasteiger partial charge in [-0.15, -0.1) is 0 Å². The molecule has 2 rings (SSSR count). The van der Waals surface area contributed by atoms with Crippen LogP contribution >= 0.6 is 0 Å². The van der Waals surface area contributed by atoms with Crippen LogP contribution in [0.1, 0.15) is 24.9 Å². The van der Waals surface area contributed by atoms with Crippen LogP contribution in [0.25, 0.3) is 0 Å². The molecule has 118 valence electrons. The average molecular weight is 311 g/mol. The van der Waals surface area contributed by atoms with E-state index in [4.69, 9.17) is 5.73 Å². The van der Waals surface area contributed by atoms with Crippen molar-refractivity contribution in [1.29, 1.82) is 0 Å². The molecule has 1 aromatic rings. The van der Waals surface area contributed by atoms with Crippen molar-refractivity contribution in [2.24, 2.45) is 11.7 Å². The Morgan fingerprint density at radius 2 is 2.19 bits per heavy atom. The number of nitrogens with two attached hydrogens (primary N) is 1. The molecular weight excluding hydrogens is 286 g/mol. The summed E-state index contributed by atoms with van der Waals surface area (Å²) in [5, 5.41) is 0. The lowest BCUT2D eigenvalue weighted by Crippen LogP contribution is -2.33. The van der Waals surface area contributed by atoms with E-state index < -0.39 is 10.0 Å². The van der Waals surface area contributed by atoms with Crippen LogP contribution < -0.4 is 5.73 Å². The van der Waals surface area contributed by atoms with Gasteiger partial charge in [0.1, 0.15) is 0 Å². The monoisotopic (exact) mass is 311 g/mol. The first-order valence-electron chi connectivity index (χ1n) is 7.31. The Balaban J connectivity index is 2.15. The summed E-state index contributed by atoms with van der Waals surface area (Å²) < 4.78 is 26.8. The van der Waals surface area contributed by atoms with Gasteiger partial charge in [0.05, 0.1) is 4.90 Å². The van der Waals surface area contributed by atoms with Gasteiger partial charge in [0.2, 0.25) is 10.0 Å². The molecule has 2 N–H and O–H groups in total. The highest BCUT2D eigenvalue weighted by Crippen LogP contribution is 2.22. The number of likely N-dealkylation sites (tertiary alicyclic amines) is 1. The lowest BCUT2D eigenvalue weighted by atomic mass is 10.1. The zero-order valence-corrected chi connectivity index (χ0v) is 13.8. The van der Waals surface area contributed by atoms with E-state index in [-0.39, 0.29) is 6.04 Å². The molecular formula is C15H25N3O2S. The molecule has 0 radical (unpaired) electrons. The molecule has 1 aromatic carbocycles. The first kappa shape index (κ1) is 16.4. The quantitative estimate of drug-likeness (QED) is 0.889. The highest BCUT2D eigenvalue weighted by atomic mass is 32.2. The average Bonchev–Trinajstić information content (AvgIpc) is 2.84. The predicted molar refractivity (Wildman–Crippen MR) is 84.5 cm³/mol. The SMILES string of the molecule is CC(N)c1cccc(S(=O)(=O)N(C)CC2CCN(C)C2)c1. The molecule has 5 nitrogen and oxygen atoms in total. The van der Waals surface area contributed by atoms with Gasteiger partial charge in [0.15, 0.2) is 0 Å². The van der Waals surface area contributed by atoms with Crippen LogP contribution in [0, 0.1) is 5.92 Å². The molecule has 21 heavy (non-hydrogen) atoms. The van der Waals surface area contributed by atoms with Gasteiger partial charge < -0.3 is 10.6 Å². The molecule has 0 saturated carbocycles. The fourth-order valence-electron chi connectivity index (χ4n) is 2.78. The Bertz CT molecular complexity index is 586. The topological polar surface area (TPSA) is 66.6 Å². The van der Waals surface area contributed by atoms with E-state index in [0.29, 0.717) is 17.4 Å². The highest BCUT2D eigenvalue weighted by molar-refractivity contribution is 7.89. The van der Waals surface area contributed by atoms with E-state index in [1.54, 1.807) is 25.2 Å². The summed E-state index contributed by atoms with van der Waals surface area (Å²) in [4.78, 5) is 2.56. The van der Waals surface area contributed by atoms with E-state index in [1.165, 1.54) is 4.31 Å². The fourth-order valence-corrected chi connectivity index (χ4v) is 4.08. The third-order valence-electron chi connectivity index (χ3n) is 4.10. The third kappa shape index (κ3) is 3.83. The van der Waals surface area contributed by atoms with Crippen LogP contribution in [0.4, 0.5) is 0 Å². The normalized spacial score (nSPS) is 21.9. The van der Waals surface area contributed by atoms with Crippen molar-refractivity contribution in [3.8, 4) is 0 Å². The summed E-state index contributed by atoms with van der Waals surface area (Å²) in [7, 11) is 0.288. The fraction of sp³-hybridized carbons (Fsp3) is 0.600. The lowest BCUT2D eigenvalue weighted by Gasteiger charge is -2.21. The summed E-state index contributed by atoms with van der Waals surface area (Å²) >= 11 is 0. The van der Waals surface area contributed by atoms with Crippen LogP contribution in [-0.4, -0.2) is 51.4 Å². The van der Waals surface area contributed by atoms with Gasteiger partial charge in [0.25, 0.3) is 0 Å². The third-order valence-corrected chi connectivity index (χ3v) is 5.92. The Hall–Kier alpha value is -0.950. The Morgan fingerprint density at radius 1 is 1.48 bits per heavy atom. The molecule has 1 heterocycles. The zero-order chi connectivity index (χ0) is 15.6. The number of nitrogens with zero attached hydrogens (tertiary/aromatic N) is 2. The second kappa shape index (κ2) is 6.44. The molecule has 1 saturated heterocycles. The highest BCUT2D eigenvalue weighted by Gasteiger charge is 2.27. The molecule has 6 heteroatoms. The number of rotatable bonds is 5. The Morgan fingerprint density at radius 3 is 2.76 bits per heavy atom. The molecule has 2 unspecified atom stereocenters. The molecule has 1 fully saturated rings. The predicted octanol–water partition coefficient (Wildman–Crippen LogP) is 1.28. The molecule has 1 aliphatic rings. The summed E-state index contributed by atoms with van der Waals surface area (Å²) in [6, 6.07) is 6.75. The molecule has 0 aliphatic carbocycles. The van der Waals surface area contributed by atoms with E-state index in [0.717, 1.165) is 25.1 Å². The number of hydrogen-bond donors (Lipinski definition) is 1. The van der Waals surface area contributed by atoms with Crippen LogP contribution in [0.15, 0.2) is 29.2 Å². The maximum atomic E-state index is 12.6. The molecule has 0 amide bonds. The van der Waals surface area contributed by atoms with Crippen LogP contribution in [0.3, 0.4) is 0 Å². The lowest BCUT2D eigenvalue weighted by molar-refractivity contribution is 0.356. The van der Waals surface area contributed by atoms with E-state index in [9.17, 15) is 8.42 Å². The summed E-state index contributed by atoms with van der Waals surface area (Å²) in [6.07, 6.45) is 1.05. The molecule has 0 spiro atoms. The Kier molecular flexibility index (Phi) is 5.03. The van der Waals surface area contributed by atoms with Crippen LogP contribution in [0.5, 0.6) is 0 Å². The van der Waals surface area contributed by atoms with Crippen molar-refractivity contribution >= 4 is 10.0 Å². The van der Waals surface area contributed by atoms with Gasteiger partial charge in [-0.05, 0) is 50.6 Å². The van der Waals surface area contributed by atoms with Crippen molar-refractivity contribution in [3.63, 3.8) is 0 Å². The van der Waals surface area contributed by atoms with Crippen molar-refractivity contribution in [2.45, 2.75) is 24.3 Å². The van der Waals surface area contributed by atoms with Gasteiger partial charge >= 0.3 is 0 Å². The molecule has 0 aromatic heterocycles. The van der Waals surface area contributed by atoms with Crippen LogP contribution in [0.2, 0.25) is 0 Å². The molecule has 2 atom stereocenters. The van der Waals surface area contributed by atoms with Gasteiger partial charge in [-0.1, -0.05) is 12.1 Å². The number of sulfonamides is 1. The van der Waals surface area contributed by atoms with Gasteiger partial charge in [0, 0.05) is 26.2 Å². The van der Waals surface area contributed by atoms with Gasteiger partial charge in [-0.3, -0.25) is 0 Å². The second-order valence-corrected chi connectivity index (χ2v) is 8.11. The number of benzene rings is 1. The van der Waals surface area contributed by atoms with Crippen molar-refractivity contribution < 1.29 is 8.42 Å². The summed E-state index contributed by atoms with van der Waals surface area (Å²) in [5.41, 5.74) is 6.67. The molecule has 1 aliphatic heterocycles. The maximum Gasteiger partial charge on any atom is 0.242 e. The first-order valence-corrected chi connectivity index (χ1v) is 8.75. The van der Waals surface area contributed by atoms with Gasteiger partial charge in [-0.25, -0.2) is 12.7 Å². The summed E-state index contributed by atoms with van der Waals surface area (Å²) in [6.45, 7) is 4.41. The Labute approximate surface area is 127 Å². The minimum Gasteiger partial charge on any atom is -0.324 e. The van der Waals surface area contributed by atoms with Gasteiger partial charge in [-0.2, -0.15) is 0 Å². The second-order valence-electron chi connectivity index (χ2n) is 6.06. The summed E-state index contributed by atoms with van der Waals surface area (Å²) in [5.74, 6) is 0.409. The minimum atomic E-state index is -3.44. The van der Waals surface area contributed by atoms with Crippen molar-refractivity contribution in [3.05, 3.63) is 29.8 Å².